The fraction of sp³-hybridized carbons (Fsp3) is 0.500. The Balaban J connectivity index is 2.26. The first-order chi connectivity index (χ1) is 10.5. The summed E-state index contributed by atoms with van der Waals surface area (Å²) in [5, 5.41) is 2.65. The van der Waals surface area contributed by atoms with Gasteiger partial charge in [0.15, 0.2) is 0 Å². The minimum absolute atomic E-state index is 0.148. The van der Waals surface area contributed by atoms with Gasteiger partial charge in [0.2, 0.25) is 0 Å². The van der Waals surface area contributed by atoms with Crippen molar-refractivity contribution >= 4 is 11.9 Å². The third kappa shape index (κ3) is 3.61. The van der Waals surface area contributed by atoms with E-state index < -0.39 is 29.0 Å². The maximum atomic E-state index is 13.2. The molecule has 0 aromatic heterocycles. The summed E-state index contributed by atoms with van der Waals surface area (Å²) in [4.78, 5) is 24.5. The molecule has 0 heterocycles. The second kappa shape index (κ2) is 6.85. The first kappa shape index (κ1) is 16.4. The summed E-state index contributed by atoms with van der Waals surface area (Å²) >= 11 is 0. The molecule has 1 aromatic rings. The Morgan fingerprint density at radius 2 is 1.59 bits per heavy atom. The number of methoxy groups -OCH3 is 1. The quantitative estimate of drug-likeness (QED) is 0.690. The number of esters is 1. The zero-order valence-electron chi connectivity index (χ0n) is 12.5. The van der Waals surface area contributed by atoms with Gasteiger partial charge in [-0.2, -0.15) is 0 Å². The monoisotopic (exact) mass is 311 g/mol. The molecule has 2 rings (SSSR count). The lowest BCUT2D eigenvalue weighted by molar-refractivity contribution is -0.148. The lowest BCUT2D eigenvalue weighted by Crippen LogP contribution is -2.54. The molecule has 0 radical (unpaired) electrons. The van der Waals surface area contributed by atoms with Crippen LogP contribution < -0.4 is 5.32 Å². The van der Waals surface area contributed by atoms with Gasteiger partial charge in [-0.25, -0.2) is 13.6 Å². The molecule has 0 aliphatic heterocycles. The van der Waals surface area contributed by atoms with Crippen molar-refractivity contribution in [1.82, 2.24) is 5.32 Å². The predicted molar refractivity (Wildman–Crippen MR) is 76.3 cm³/mol. The van der Waals surface area contributed by atoms with Gasteiger partial charge in [-0.15, -0.1) is 0 Å². The number of carbonyl (C=O) groups is 2. The summed E-state index contributed by atoms with van der Waals surface area (Å²) in [5.41, 5.74) is -1.27. The van der Waals surface area contributed by atoms with Crippen LogP contribution >= 0.6 is 0 Å². The van der Waals surface area contributed by atoms with Crippen molar-refractivity contribution in [3.05, 3.63) is 35.4 Å². The Kier molecular flexibility index (Phi) is 5.11. The Labute approximate surface area is 127 Å². The normalized spacial score (nSPS) is 17.4. The van der Waals surface area contributed by atoms with E-state index in [1.54, 1.807) is 0 Å². The zero-order chi connectivity index (χ0) is 16.2. The van der Waals surface area contributed by atoms with Crippen LogP contribution in [0.3, 0.4) is 0 Å². The fourth-order valence-electron chi connectivity index (χ4n) is 2.88. The summed E-state index contributed by atoms with van der Waals surface area (Å²) in [6.07, 6.45) is 4.44. The molecule has 1 aliphatic rings. The largest absolute Gasteiger partial charge is 0.467 e. The maximum absolute atomic E-state index is 13.2. The van der Waals surface area contributed by atoms with Crippen LogP contribution in [-0.2, 0) is 9.53 Å². The van der Waals surface area contributed by atoms with E-state index in [9.17, 15) is 18.4 Å². The van der Waals surface area contributed by atoms with Gasteiger partial charge in [-0.3, -0.25) is 4.79 Å². The third-order valence-electron chi connectivity index (χ3n) is 4.01. The van der Waals surface area contributed by atoms with E-state index in [0.717, 1.165) is 37.8 Å². The van der Waals surface area contributed by atoms with E-state index in [2.05, 4.69) is 5.32 Å². The van der Waals surface area contributed by atoms with Crippen molar-refractivity contribution < 1.29 is 23.1 Å². The number of carbonyl (C=O) groups excluding carboxylic acids is 2. The van der Waals surface area contributed by atoms with E-state index in [-0.39, 0.29) is 5.56 Å². The van der Waals surface area contributed by atoms with Crippen molar-refractivity contribution in [3.8, 4) is 0 Å². The van der Waals surface area contributed by atoms with Gasteiger partial charge in [-0.1, -0.05) is 25.7 Å². The number of nitrogens with one attached hydrogen (secondary N) is 1. The molecule has 120 valence electrons. The van der Waals surface area contributed by atoms with Gasteiger partial charge in [0.25, 0.3) is 5.91 Å². The molecule has 1 saturated carbocycles. The van der Waals surface area contributed by atoms with E-state index in [1.165, 1.54) is 7.11 Å². The highest BCUT2D eigenvalue weighted by Gasteiger charge is 2.41. The number of hydrogen-bond donors (Lipinski definition) is 1. The standard InChI is InChI=1S/C16H19F2NO3/c1-22-15(21)16(6-4-2-3-5-7-16)19-14(20)11-8-12(17)10-13(18)9-11/h8-10H,2-7H2,1H3,(H,19,20). The lowest BCUT2D eigenvalue weighted by atomic mass is 9.89. The van der Waals surface area contributed by atoms with Gasteiger partial charge in [0.05, 0.1) is 7.11 Å². The minimum Gasteiger partial charge on any atom is -0.467 e. The smallest absolute Gasteiger partial charge is 0.331 e. The van der Waals surface area contributed by atoms with E-state index in [0.29, 0.717) is 18.9 Å². The number of rotatable bonds is 3. The maximum Gasteiger partial charge on any atom is 0.331 e. The summed E-state index contributed by atoms with van der Waals surface area (Å²) in [6.45, 7) is 0. The molecule has 4 nitrogen and oxygen atoms in total. The molecule has 0 unspecified atom stereocenters. The van der Waals surface area contributed by atoms with Crippen molar-refractivity contribution in [2.45, 2.75) is 44.1 Å². The molecule has 1 N–H and O–H groups in total. The first-order valence-electron chi connectivity index (χ1n) is 7.34. The molecule has 1 aromatic carbocycles. The minimum atomic E-state index is -1.12. The van der Waals surface area contributed by atoms with E-state index in [4.69, 9.17) is 4.74 Å². The van der Waals surface area contributed by atoms with Crippen LogP contribution in [0, 0.1) is 11.6 Å². The summed E-state index contributed by atoms with van der Waals surface area (Å²) in [5.74, 6) is -2.86. The van der Waals surface area contributed by atoms with Gasteiger partial charge < -0.3 is 10.1 Å². The van der Waals surface area contributed by atoms with Crippen molar-refractivity contribution in [2.24, 2.45) is 0 Å². The summed E-state index contributed by atoms with van der Waals surface area (Å²) in [6, 6.07) is 2.58. The Morgan fingerprint density at radius 3 is 2.09 bits per heavy atom. The van der Waals surface area contributed by atoms with Crippen LogP contribution in [0.5, 0.6) is 0 Å². The van der Waals surface area contributed by atoms with Crippen molar-refractivity contribution in [3.63, 3.8) is 0 Å². The Morgan fingerprint density at radius 1 is 1.05 bits per heavy atom. The highest BCUT2D eigenvalue weighted by molar-refractivity contribution is 5.98. The number of amides is 1. The number of benzene rings is 1. The van der Waals surface area contributed by atoms with Gasteiger partial charge >= 0.3 is 5.97 Å². The fourth-order valence-corrected chi connectivity index (χ4v) is 2.88. The molecular formula is C16H19F2NO3. The molecule has 1 fully saturated rings. The third-order valence-corrected chi connectivity index (χ3v) is 4.01. The topological polar surface area (TPSA) is 55.4 Å². The average Bonchev–Trinajstić information content (AvgIpc) is 2.72. The summed E-state index contributed by atoms with van der Waals surface area (Å²) < 4.78 is 31.3. The van der Waals surface area contributed by atoms with Gasteiger partial charge in [-0.05, 0) is 25.0 Å². The van der Waals surface area contributed by atoms with Crippen molar-refractivity contribution in [1.29, 1.82) is 0 Å². The molecule has 0 atom stereocenters. The average molecular weight is 311 g/mol. The number of ether oxygens (including phenoxy) is 1. The number of hydrogen-bond acceptors (Lipinski definition) is 3. The predicted octanol–water partition coefficient (Wildman–Crippen LogP) is 2.96. The van der Waals surface area contributed by atoms with Gasteiger partial charge in [0, 0.05) is 11.6 Å². The highest BCUT2D eigenvalue weighted by Crippen LogP contribution is 2.29. The first-order valence-corrected chi connectivity index (χ1v) is 7.34. The van der Waals surface area contributed by atoms with Crippen LogP contribution in [0.15, 0.2) is 18.2 Å². The van der Waals surface area contributed by atoms with Crippen LogP contribution in [-0.4, -0.2) is 24.5 Å². The van der Waals surface area contributed by atoms with E-state index in [1.807, 2.05) is 0 Å². The van der Waals surface area contributed by atoms with Gasteiger partial charge in [0.1, 0.15) is 17.2 Å². The number of halogens is 2. The summed E-state index contributed by atoms with van der Waals surface area (Å²) in [7, 11) is 1.27. The molecule has 0 spiro atoms. The van der Waals surface area contributed by atoms with E-state index >= 15 is 0 Å². The SMILES string of the molecule is COC(=O)C1(NC(=O)c2cc(F)cc(F)c2)CCCCCC1. The second-order valence-corrected chi connectivity index (χ2v) is 5.60. The van der Waals surface area contributed by atoms with Crippen molar-refractivity contribution in [2.75, 3.05) is 7.11 Å². The molecular weight excluding hydrogens is 292 g/mol. The zero-order valence-corrected chi connectivity index (χ0v) is 12.5. The molecule has 0 bridgehead atoms. The molecule has 1 amide bonds. The molecule has 1 aliphatic carbocycles. The molecule has 0 saturated heterocycles. The van der Waals surface area contributed by atoms with Crippen LogP contribution in [0.2, 0.25) is 0 Å². The second-order valence-electron chi connectivity index (χ2n) is 5.60. The highest BCUT2D eigenvalue weighted by atomic mass is 19.1. The molecule has 6 heteroatoms. The van der Waals surface area contributed by atoms with Crippen LogP contribution in [0.4, 0.5) is 8.78 Å². The Bertz CT molecular complexity index is 546. The van der Waals surface area contributed by atoms with Crippen LogP contribution in [0.1, 0.15) is 48.9 Å². The Hall–Kier alpha value is -1.98. The lowest BCUT2D eigenvalue weighted by Gasteiger charge is -2.30. The van der Waals surface area contributed by atoms with Crippen LogP contribution in [0.25, 0.3) is 0 Å². The molecule has 22 heavy (non-hydrogen) atoms.